The summed E-state index contributed by atoms with van der Waals surface area (Å²) in [6.45, 7) is 5.71. The highest BCUT2D eigenvalue weighted by Gasteiger charge is 2.34. The highest BCUT2D eigenvalue weighted by Crippen LogP contribution is 2.31. The number of hydrogen-bond acceptors (Lipinski definition) is 1. The van der Waals surface area contributed by atoms with Gasteiger partial charge in [0.1, 0.15) is 0 Å². The molecule has 18 heavy (non-hydrogen) atoms. The first kappa shape index (κ1) is 12.7. The van der Waals surface area contributed by atoms with Crippen LogP contribution in [0.2, 0.25) is 0 Å². The minimum atomic E-state index is -4.44. The third kappa shape index (κ3) is 2.25. The maximum atomic E-state index is 12.5. The Labute approximate surface area is 103 Å². The van der Waals surface area contributed by atoms with E-state index in [0.29, 0.717) is 5.69 Å². The summed E-state index contributed by atoms with van der Waals surface area (Å²) >= 11 is 0. The predicted octanol–water partition coefficient (Wildman–Crippen LogP) is 4.02. The maximum Gasteiger partial charge on any atom is 0.449 e. The molecule has 5 heteroatoms. The summed E-state index contributed by atoms with van der Waals surface area (Å²) in [5.74, 6) is -0.961. The maximum absolute atomic E-state index is 12.5. The summed E-state index contributed by atoms with van der Waals surface area (Å²) in [7, 11) is 0. The molecular formula is C13H13F3N2. The number of alkyl halides is 3. The Hall–Kier alpha value is -1.78. The van der Waals surface area contributed by atoms with E-state index in [2.05, 4.69) is 9.97 Å². The molecule has 0 saturated heterocycles. The van der Waals surface area contributed by atoms with Crippen molar-refractivity contribution in [3.05, 3.63) is 40.8 Å². The number of aryl methyl sites for hydroxylation is 3. The molecule has 0 unspecified atom stereocenters. The van der Waals surface area contributed by atoms with Gasteiger partial charge in [-0.15, -0.1) is 0 Å². The number of rotatable bonds is 1. The van der Waals surface area contributed by atoms with Crippen LogP contribution in [0, 0.1) is 20.8 Å². The first-order valence-electron chi connectivity index (χ1n) is 5.49. The highest BCUT2D eigenvalue weighted by atomic mass is 19.4. The molecule has 0 atom stereocenters. The molecule has 0 radical (unpaired) electrons. The third-order valence-electron chi connectivity index (χ3n) is 2.79. The second-order valence-electron chi connectivity index (χ2n) is 4.42. The van der Waals surface area contributed by atoms with Crippen LogP contribution in [-0.4, -0.2) is 9.97 Å². The van der Waals surface area contributed by atoms with Gasteiger partial charge in [0, 0.05) is 5.56 Å². The number of nitrogens with zero attached hydrogens (tertiary/aromatic N) is 1. The van der Waals surface area contributed by atoms with Crippen LogP contribution in [0.15, 0.2) is 18.3 Å². The Morgan fingerprint density at radius 3 is 2.06 bits per heavy atom. The first-order chi connectivity index (χ1) is 8.29. The van der Waals surface area contributed by atoms with Crippen molar-refractivity contribution in [2.24, 2.45) is 0 Å². The molecule has 0 fully saturated rings. The fourth-order valence-corrected chi connectivity index (χ4v) is 2.20. The normalized spacial score (nSPS) is 11.9. The lowest BCUT2D eigenvalue weighted by Gasteiger charge is -2.09. The van der Waals surface area contributed by atoms with Gasteiger partial charge in [-0.25, -0.2) is 4.98 Å². The quantitative estimate of drug-likeness (QED) is 0.818. The molecule has 0 aliphatic heterocycles. The van der Waals surface area contributed by atoms with E-state index in [4.69, 9.17) is 0 Å². The number of nitrogens with one attached hydrogen (secondary N) is 1. The molecule has 2 rings (SSSR count). The smallest absolute Gasteiger partial charge is 0.334 e. The lowest BCUT2D eigenvalue weighted by atomic mass is 9.98. The highest BCUT2D eigenvalue weighted by molar-refractivity contribution is 5.67. The van der Waals surface area contributed by atoms with Gasteiger partial charge in [0.05, 0.1) is 11.9 Å². The minimum Gasteiger partial charge on any atom is -0.334 e. The average molecular weight is 254 g/mol. The van der Waals surface area contributed by atoms with Gasteiger partial charge >= 0.3 is 6.18 Å². The fraction of sp³-hybridized carbons (Fsp3) is 0.308. The van der Waals surface area contributed by atoms with E-state index in [1.807, 2.05) is 32.9 Å². The van der Waals surface area contributed by atoms with Crippen molar-refractivity contribution in [2.75, 3.05) is 0 Å². The van der Waals surface area contributed by atoms with Crippen LogP contribution in [0.5, 0.6) is 0 Å². The monoisotopic (exact) mass is 254 g/mol. The Bertz CT molecular complexity index is 559. The van der Waals surface area contributed by atoms with E-state index in [-0.39, 0.29) is 0 Å². The van der Waals surface area contributed by atoms with Crippen LogP contribution in [0.3, 0.4) is 0 Å². The molecule has 2 aromatic rings. The SMILES string of the molecule is Cc1cc(C)c(-c2cnc(C(F)(F)F)[nH]2)c(C)c1. The molecule has 2 nitrogen and oxygen atoms in total. The molecule has 1 N–H and O–H groups in total. The second-order valence-corrected chi connectivity index (χ2v) is 4.42. The van der Waals surface area contributed by atoms with Crippen molar-refractivity contribution in [1.29, 1.82) is 0 Å². The van der Waals surface area contributed by atoms with E-state index < -0.39 is 12.0 Å². The van der Waals surface area contributed by atoms with E-state index in [1.165, 1.54) is 6.20 Å². The molecule has 1 heterocycles. The Morgan fingerprint density at radius 1 is 1.06 bits per heavy atom. The molecule has 96 valence electrons. The van der Waals surface area contributed by atoms with Gasteiger partial charge in [-0.1, -0.05) is 17.7 Å². The summed E-state index contributed by atoms with van der Waals surface area (Å²) in [4.78, 5) is 5.72. The minimum absolute atomic E-state index is 0.400. The molecule has 1 aromatic heterocycles. The van der Waals surface area contributed by atoms with Crippen molar-refractivity contribution >= 4 is 0 Å². The van der Waals surface area contributed by atoms with Gasteiger partial charge in [0.2, 0.25) is 5.82 Å². The van der Waals surface area contributed by atoms with E-state index >= 15 is 0 Å². The van der Waals surface area contributed by atoms with Crippen LogP contribution >= 0.6 is 0 Å². The van der Waals surface area contributed by atoms with Gasteiger partial charge in [0.15, 0.2) is 0 Å². The summed E-state index contributed by atoms with van der Waals surface area (Å²) in [6, 6.07) is 3.88. The van der Waals surface area contributed by atoms with Crippen molar-refractivity contribution < 1.29 is 13.2 Å². The predicted molar refractivity (Wildman–Crippen MR) is 63.2 cm³/mol. The number of halogens is 3. The third-order valence-corrected chi connectivity index (χ3v) is 2.79. The number of imidazole rings is 1. The van der Waals surface area contributed by atoms with Gasteiger partial charge in [-0.05, 0) is 31.9 Å². The van der Waals surface area contributed by atoms with E-state index in [1.54, 1.807) is 0 Å². The topological polar surface area (TPSA) is 28.7 Å². The standard InChI is InChI=1S/C13H13F3N2/c1-7-4-8(2)11(9(3)5-7)10-6-17-12(18-10)13(14,15)16/h4-6H,1-3H3,(H,17,18). The van der Waals surface area contributed by atoms with Crippen molar-refractivity contribution in [1.82, 2.24) is 9.97 Å². The van der Waals surface area contributed by atoms with Crippen molar-refractivity contribution in [3.63, 3.8) is 0 Å². The van der Waals surface area contributed by atoms with E-state index in [0.717, 1.165) is 22.3 Å². The van der Waals surface area contributed by atoms with E-state index in [9.17, 15) is 13.2 Å². The summed E-state index contributed by atoms with van der Waals surface area (Å²) < 4.78 is 37.5. The Balaban J connectivity index is 2.53. The van der Waals surface area contributed by atoms with Crippen molar-refractivity contribution in [3.8, 4) is 11.3 Å². The van der Waals surface area contributed by atoms with Crippen molar-refractivity contribution in [2.45, 2.75) is 26.9 Å². The van der Waals surface area contributed by atoms with Gasteiger partial charge < -0.3 is 4.98 Å². The lowest BCUT2D eigenvalue weighted by molar-refractivity contribution is -0.144. The number of hydrogen-bond donors (Lipinski definition) is 1. The fourth-order valence-electron chi connectivity index (χ4n) is 2.20. The van der Waals surface area contributed by atoms with Gasteiger partial charge in [0.25, 0.3) is 0 Å². The van der Waals surface area contributed by atoms with Gasteiger partial charge in [-0.3, -0.25) is 0 Å². The summed E-state index contributed by atoms with van der Waals surface area (Å²) in [6.07, 6.45) is -3.21. The number of aromatic nitrogens is 2. The molecular weight excluding hydrogens is 241 g/mol. The Morgan fingerprint density at radius 2 is 1.61 bits per heavy atom. The zero-order valence-electron chi connectivity index (χ0n) is 10.3. The van der Waals surface area contributed by atoms with Crippen LogP contribution in [0.25, 0.3) is 11.3 Å². The van der Waals surface area contributed by atoms with Crippen LogP contribution in [-0.2, 0) is 6.18 Å². The first-order valence-corrected chi connectivity index (χ1v) is 5.49. The lowest BCUT2D eigenvalue weighted by Crippen LogP contribution is -2.07. The molecule has 0 amide bonds. The Kier molecular flexibility index (Phi) is 2.92. The molecule has 1 aromatic carbocycles. The number of benzene rings is 1. The second kappa shape index (κ2) is 4.15. The molecule has 0 aliphatic rings. The largest absolute Gasteiger partial charge is 0.449 e. The summed E-state index contributed by atoms with van der Waals surface area (Å²) in [5.41, 5.74) is 4.14. The zero-order chi connectivity index (χ0) is 13.5. The van der Waals surface area contributed by atoms with Crippen LogP contribution < -0.4 is 0 Å². The molecule has 0 spiro atoms. The molecule has 0 saturated carbocycles. The van der Waals surface area contributed by atoms with Crippen LogP contribution in [0.4, 0.5) is 13.2 Å². The molecule has 0 bridgehead atoms. The molecule has 0 aliphatic carbocycles. The van der Waals surface area contributed by atoms with Crippen LogP contribution in [0.1, 0.15) is 22.5 Å². The zero-order valence-corrected chi connectivity index (χ0v) is 10.3. The van der Waals surface area contributed by atoms with Gasteiger partial charge in [-0.2, -0.15) is 13.2 Å². The summed E-state index contributed by atoms with van der Waals surface area (Å²) in [5, 5.41) is 0. The number of aromatic amines is 1. The average Bonchev–Trinajstić information content (AvgIpc) is 2.64. The number of H-pyrrole nitrogens is 1.